The molecule has 1 atom stereocenters. The Morgan fingerprint density at radius 3 is 2.74 bits per heavy atom. The van der Waals surface area contributed by atoms with Crippen LogP contribution in [-0.2, 0) is 0 Å². The first kappa shape index (κ1) is 13.6. The lowest BCUT2D eigenvalue weighted by Crippen LogP contribution is -2.13. The Balaban J connectivity index is 2.35. The Hall–Kier alpha value is -1.87. The van der Waals surface area contributed by atoms with Crippen molar-refractivity contribution in [3.63, 3.8) is 0 Å². The van der Waals surface area contributed by atoms with E-state index in [1.54, 1.807) is 6.20 Å². The first-order valence-corrected chi connectivity index (χ1v) is 6.49. The molecule has 0 saturated heterocycles. The lowest BCUT2D eigenvalue weighted by molar-refractivity contribution is 0.443. The monoisotopic (exact) mass is 256 g/mol. The Morgan fingerprint density at radius 2 is 2.00 bits per heavy atom. The highest BCUT2D eigenvalue weighted by molar-refractivity contribution is 5.40. The van der Waals surface area contributed by atoms with Gasteiger partial charge in [0.1, 0.15) is 5.75 Å². The predicted molar refractivity (Wildman–Crippen MR) is 77.7 cm³/mol. The fraction of sp³-hybridized carbons (Fsp3) is 0.312. The van der Waals surface area contributed by atoms with Crippen LogP contribution in [0.15, 0.2) is 36.5 Å². The van der Waals surface area contributed by atoms with Gasteiger partial charge >= 0.3 is 0 Å². The van der Waals surface area contributed by atoms with E-state index in [-0.39, 0.29) is 6.04 Å². The number of rotatable bonds is 4. The van der Waals surface area contributed by atoms with Crippen LogP contribution < -0.4 is 10.1 Å². The van der Waals surface area contributed by atoms with E-state index in [2.05, 4.69) is 36.3 Å². The number of benzene rings is 1. The smallest absolute Gasteiger partial charge is 0.223 e. The van der Waals surface area contributed by atoms with E-state index >= 15 is 0 Å². The quantitative estimate of drug-likeness (QED) is 0.904. The largest absolute Gasteiger partial charge is 0.438 e. The van der Waals surface area contributed by atoms with Gasteiger partial charge in [0.15, 0.2) is 0 Å². The highest BCUT2D eigenvalue weighted by Crippen LogP contribution is 2.29. The number of aryl methyl sites for hydroxylation is 2. The molecule has 1 N–H and O–H groups in total. The van der Waals surface area contributed by atoms with E-state index in [0.717, 1.165) is 16.9 Å². The predicted octanol–water partition coefficient (Wildman–Crippen LogP) is 3.77. The molecule has 19 heavy (non-hydrogen) atoms. The molecule has 1 aromatic carbocycles. The van der Waals surface area contributed by atoms with Crippen molar-refractivity contribution in [2.45, 2.75) is 26.8 Å². The third-order valence-electron chi connectivity index (χ3n) is 3.25. The highest BCUT2D eigenvalue weighted by atomic mass is 16.5. The van der Waals surface area contributed by atoms with Crippen molar-refractivity contribution in [3.05, 3.63) is 53.2 Å². The molecule has 0 aliphatic carbocycles. The number of nitrogens with zero attached hydrogens (tertiary/aromatic N) is 1. The SMILES string of the molecule is CNC(C)c1cccnc1Oc1cc(C)ccc1C. The minimum Gasteiger partial charge on any atom is -0.438 e. The molecule has 0 saturated carbocycles. The summed E-state index contributed by atoms with van der Waals surface area (Å²) in [6.07, 6.45) is 1.76. The van der Waals surface area contributed by atoms with Crippen LogP contribution in [0.25, 0.3) is 0 Å². The number of ether oxygens (including phenoxy) is 1. The average Bonchev–Trinajstić information content (AvgIpc) is 2.42. The van der Waals surface area contributed by atoms with Gasteiger partial charge in [0.2, 0.25) is 5.88 Å². The minimum atomic E-state index is 0.203. The average molecular weight is 256 g/mol. The molecule has 1 heterocycles. The van der Waals surface area contributed by atoms with E-state index in [1.807, 2.05) is 32.2 Å². The maximum absolute atomic E-state index is 5.99. The molecule has 100 valence electrons. The number of pyridine rings is 1. The summed E-state index contributed by atoms with van der Waals surface area (Å²) >= 11 is 0. The third-order valence-corrected chi connectivity index (χ3v) is 3.25. The number of hydrogen-bond donors (Lipinski definition) is 1. The van der Waals surface area contributed by atoms with Crippen LogP contribution in [0, 0.1) is 13.8 Å². The summed E-state index contributed by atoms with van der Waals surface area (Å²) in [5, 5.41) is 3.21. The van der Waals surface area contributed by atoms with Gasteiger partial charge in [-0.25, -0.2) is 4.98 Å². The van der Waals surface area contributed by atoms with E-state index in [1.165, 1.54) is 5.56 Å². The van der Waals surface area contributed by atoms with Crippen LogP contribution in [0.4, 0.5) is 0 Å². The number of hydrogen-bond acceptors (Lipinski definition) is 3. The fourth-order valence-electron chi connectivity index (χ4n) is 1.90. The van der Waals surface area contributed by atoms with Gasteiger partial charge in [-0.15, -0.1) is 0 Å². The van der Waals surface area contributed by atoms with E-state index in [0.29, 0.717) is 5.88 Å². The molecule has 1 unspecified atom stereocenters. The Morgan fingerprint density at radius 1 is 1.21 bits per heavy atom. The summed E-state index contributed by atoms with van der Waals surface area (Å²) in [5.74, 6) is 1.53. The summed E-state index contributed by atoms with van der Waals surface area (Å²) in [6.45, 7) is 6.19. The van der Waals surface area contributed by atoms with Crippen LogP contribution in [0.5, 0.6) is 11.6 Å². The Bertz CT molecular complexity index is 566. The normalized spacial score (nSPS) is 12.2. The number of nitrogens with one attached hydrogen (secondary N) is 1. The van der Waals surface area contributed by atoms with Crippen LogP contribution in [0.2, 0.25) is 0 Å². The van der Waals surface area contributed by atoms with Gasteiger partial charge in [0.05, 0.1) is 0 Å². The third kappa shape index (κ3) is 3.12. The maximum atomic E-state index is 5.99. The van der Waals surface area contributed by atoms with Gasteiger partial charge in [0, 0.05) is 17.8 Å². The Kier molecular flexibility index (Phi) is 4.17. The second-order valence-corrected chi connectivity index (χ2v) is 4.78. The lowest BCUT2D eigenvalue weighted by atomic mass is 10.1. The van der Waals surface area contributed by atoms with Crippen molar-refractivity contribution < 1.29 is 4.74 Å². The second-order valence-electron chi connectivity index (χ2n) is 4.78. The van der Waals surface area contributed by atoms with Crippen LogP contribution in [-0.4, -0.2) is 12.0 Å². The molecule has 0 spiro atoms. The molecular formula is C16H20N2O. The number of aromatic nitrogens is 1. The lowest BCUT2D eigenvalue weighted by Gasteiger charge is -2.16. The molecule has 3 nitrogen and oxygen atoms in total. The minimum absolute atomic E-state index is 0.203. The summed E-state index contributed by atoms with van der Waals surface area (Å²) in [6, 6.07) is 10.4. The van der Waals surface area contributed by atoms with Gasteiger partial charge in [0.25, 0.3) is 0 Å². The van der Waals surface area contributed by atoms with Crippen molar-refractivity contribution in [1.29, 1.82) is 0 Å². The Labute approximate surface area is 114 Å². The van der Waals surface area contributed by atoms with Crippen molar-refractivity contribution >= 4 is 0 Å². The standard InChI is InChI=1S/C16H20N2O/c1-11-7-8-12(2)15(10-11)19-16-14(13(3)17-4)6-5-9-18-16/h5-10,13,17H,1-4H3. The molecule has 0 fully saturated rings. The molecule has 0 bridgehead atoms. The zero-order valence-corrected chi connectivity index (χ0v) is 11.9. The van der Waals surface area contributed by atoms with Crippen molar-refractivity contribution in [2.75, 3.05) is 7.05 Å². The summed E-state index contributed by atoms with van der Waals surface area (Å²) < 4.78 is 5.99. The van der Waals surface area contributed by atoms with Crippen molar-refractivity contribution in [1.82, 2.24) is 10.3 Å². The fourth-order valence-corrected chi connectivity index (χ4v) is 1.90. The van der Waals surface area contributed by atoms with E-state index in [4.69, 9.17) is 4.74 Å². The molecular weight excluding hydrogens is 236 g/mol. The molecule has 2 aromatic rings. The van der Waals surface area contributed by atoms with Gasteiger partial charge in [-0.1, -0.05) is 18.2 Å². The van der Waals surface area contributed by atoms with Gasteiger partial charge in [-0.2, -0.15) is 0 Å². The van der Waals surface area contributed by atoms with Gasteiger partial charge in [-0.3, -0.25) is 0 Å². The molecule has 1 aromatic heterocycles. The maximum Gasteiger partial charge on any atom is 0.223 e. The molecule has 0 aliphatic heterocycles. The van der Waals surface area contributed by atoms with Crippen LogP contribution in [0.3, 0.4) is 0 Å². The molecule has 0 aliphatic rings. The molecule has 0 radical (unpaired) electrons. The summed E-state index contributed by atoms with van der Waals surface area (Å²) in [4.78, 5) is 4.35. The molecule has 2 rings (SSSR count). The zero-order chi connectivity index (χ0) is 13.8. The zero-order valence-electron chi connectivity index (χ0n) is 11.9. The first-order chi connectivity index (χ1) is 9.11. The highest BCUT2D eigenvalue weighted by Gasteiger charge is 2.12. The summed E-state index contributed by atoms with van der Waals surface area (Å²) in [5.41, 5.74) is 3.35. The van der Waals surface area contributed by atoms with Crippen LogP contribution >= 0.6 is 0 Å². The van der Waals surface area contributed by atoms with E-state index in [9.17, 15) is 0 Å². The van der Waals surface area contributed by atoms with Gasteiger partial charge < -0.3 is 10.1 Å². The molecule has 0 amide bonds. The second kappa shape index (κ2) is 5.85. The van der Waals surface area contributed by atoms with Crippen molar-refractivity contribution in [3.8, 4) is 11.6 Å². The van der Waals surface area contributed by atoms with Crippen LogP contribution in [0.1, 0.15) is 29.7 Å². The summed E-state index contributed by atoms with van der Waals surface area (Å²) in [7, 11) is 1.93. The topological polar surface area (TPSA) is 34.2 Å². The van der Waals surface area contributed by atoms with Gasteiger partial charge in [-0.05, 0) is 51.1 Å². The molecule has 3 heteroatoms. The van der Waals surface area contributed by atoms with E-state index < -0.39 is 0 Å². The first-order valence-electron chi connectivity index (χ1n) is 6.49. The van der Waals surface area contributed by atoms with Crippen molar-refractivity contribution in [2.24, 2.45) is 0 Å².